The summed E-state index contributed by atoms with van der Waals surface area (Å²) in [5.41, 5.74) is 2.94. The van der Waals surface area contributed by atoms with Crippen LogP contribution in [-0.2, 0) is 4.79 Å². The molecule has 2 aromatic heterocycles. The zero-order valence-electron chi connectivity index (χ0n) is 21.8. The van der Waals surface area contributed by atoms with Gasteiger partial charge in [0.05, 0.1) is 22.6 Å². The smallest absolute Gasteiger partial charge is 0.323 e. The van der Waals surface area contributed by atoms with Gasteiger partial charge in [-0.2, -0.15) is 0 Å². The highest BCUT2D eigenvalue weighted by Crippen LogP contribution is 2.27. The van der Waals surface area contributed by atoms with Gasteiger partial charge in [-0.3, -0.25) is 14.6 Å². The number of aromatic nitrogens is 2. The number of nitrogens with one attached hydrogen (secondary N) is 4. The number of hydrogen-bond acceptors (Lipinski definition) is 5. The summed E-state index contributed by atoms with van der Waals surface area (Å²) in [7, 11) is 0. The van der Waals surface area contributed by atoms with Crippen LogP contribution in [0.25, 0.3) is 11.4 Å². The third kappa shape index (κ3) is 7.67. The van der Waals surface area contributed by atoms with E-state index in [1.54, 1.807) is 80.8 Å². The molecular formula is C29H28FN5O5. The van der Waals surface area contributed by atoms with Gasteiger partial charge in [0.2, 0.25) is 0 Å². The fourth-order valence-corrected chi connectivity index (χ4v) is 3.78. The maximum Gasteiger partial charge on any atom is 0.323 e. The number of nitrogens with zero attached hydrogens (tertiary/aromatic N) is 1. The summed E-state index contributed by atoms with van der Waals surface area (Å²) in [6, 6.07) is 15.3. The van der Waals surface area contributed by atoms with Gasteiger partial charge in [-0.05, 0) is 74.4 Å². The standard InChI is InChI=1S/C29H28FN5O5/c1-17-3-9-23(30)24(13-17)35-29(39)34-20-5-7-21(8-6-20)40-22-11-12-31-26(15-22)25-14-19(16-32-25)28(38)33-18(2)4-10-27(36)37/h3,5-9,11-16,18,32H,4,10H2,1-2H3,(H,33,38)(H,36,37)(H2,34,35,39). The summed E-state index contributed by atoms with van der Waals surface area (Å²) >= 11 is 0. The lowest BCUT2D eigenvalue weighted by Gasteiger charge is -2.11. The molecule has 206 valence electrons. The van der Waals surface area contributed by atoms with E-state index >= 15 is 0 Å². The Bertz CT molecular complexity index is 1520. The summed E-state index contributed by atoms with van der Waals surface area (Å²) in [6.07, 6.45) is 3.43. The molecule has 1 unspecified atom stereocenters. The van der Waals surface area contributed by atoms with Gasteiger partial charge in [0.25, 0.3) is 5.91 Å². The van der Waals surface area contributed by atoms with Crippen LogP contribution in [0.1, 0.15) is 35.7 Å². The Hall–Kier alpha value is -5.19. The number of hydrogen-bond donors (Lipinski definition) is 5. The van der Waals surface area contributed by atoms with Crippen LogP contribution < -0.4 is 20.7 Å². The maximum absolute atomic E-state index is 13.9. The van der Waals surface area contributed by atoms with E-state index < -0.39 is 17.8 Å². The molecule has 11 heteroatoms. The lowest BCUT2D eigenvalue weighted by atomic mass is 10.1. The fourth-order valence-electron chi connectivity index (χ4n) is 3.78. The first kappa shape index (κ1) is 27.8. The quantitative estimate of drug-likeness (QED) is 0.167. The number of carboxylic acids is 1. The predicted octanol–water partition coefficient (Wildman–Crippen LogP) is 5.94. The number of carbonyl (C=O) groups excluding carboxylic acids is 2. The molecule has 1 atom stereocenters. The van der Waals surface area contributed by atoms with Gasteiger partial charge in [0.15, 0.2) is 0 Å². The number of amides is 3. The largest absolute Gasteiger partial charge is 0.481 e. The van der Waals surface area contributed by atoms with Crippen molar-refractivity contribution in [3.63, 3.8) is 0 Å². The van der Waals surface area contributed by atoms with Crippen molar-refractivity contribution in [3.05, 3.63) is 90.0 Å². The number of benzene rings is 2. The molecule has 0 saturated heterocycles. The van der Waals surface area contributed by atoms with Gasteiger partial charge < -0.3 is 30.8 Å². The average molecular weight is 546 g/mol. The number of halogens is 1. The molecule has 2 heterocycles. The SMILES string of the molecule is Cc1ccc(F)c(NC(=O)Nc2ccc(Oc3ccnc(-c4cc(C(=O)NC(C)CCC(=O)O)c[nH]4)c3)cc2)c1. The molecule has 10 nitrogen and oxygen atoms in total. The van der Waals surface area contributed by atoms with E-state index in [9.17, 15) is 18.8 Å². The van der Waals surface area contributed by atoms with Crippen molar-refractivity contribution in [1.29, 1.82) is 0 Å². The van der Waals surface area contributed by atoms with Crippen LogP contribution in [0.2, 0.25) is 0 Å². The molecule has 2 aromatic carbocycles. The summed E-state index contributed by atoms with van der Waals surface area (Å²) < 4.78 is 19.8. The number of anilines is 2. The minimum absolute atomic E-state index is 0.0274. The molecule has 0 saturated carbocycles. The number of pyridine rings is 1. The second kappa shape index (κ2) is 12.6. The number of carboxylic acid groups (broad SMARTS) is 1. The molecule has 5 N–H and O–H groups in total. The lowest BCUT2D eigenvalue weighted by Crippen LogP contribution is -2.32. The number of carbonyl (C=O) groups is 3. The van der Waals surface area contributed by atoms with Crippen LogP contribution in [0, 0.1) is 12.7 Å². The van der Waals surface area contributed by atoms with Gasteiger partial charge in [-0.15, -0.1) is 0 Å². The molecule has 0 radical (unpaired) electrons. The molecule has 3 amide bonds. The Morgan fingerprint density at radius 2 is 1.80 bits per heavy atom. The Morgan fingerprint density at radius 3 is 2.55 bits per heavy atom. The fraction of sp³-hybridized carbons (Fsp3) is 0.172. The molecule has 0 aliphatic heterocycles. The van der Waals surface area contributed by atoms with Crippen molar-refractivity contribution in [3.8, 4) is 22.9 Å². The monoisotopic (exact) mass is 545 g/mol. The number of ether oxygens (including phenoxy) is 1. The number of aliphatic carboxylic acids is 1. The second-order valence-corrected chi connectivity index (χ2v) is 9.17. The van der Waals surface area contributed by atoms with Gasteiger partial charge in [0.1, 0.15) is 17.3 Å². The van der Waals surface area contributed by atoms with E-state index in [-0.39, 0.29) is 24.1 Å². The van der Waals surface area contributed by atoms with E-state index in [2.05, 4.69) is 25.9 Å². The molecule has 0 aliphatic rings. The van der Waals surface area contributed by atoms with Crippen LogP contribution in [0.3, 0.4) is 0 Å². The number of rotatable bonds is 10. The summed E-state index contributed by atoms with van der Waals surface area (Å²) in [5, 5.41) is 16.7. The van der Waals surface area contributed by atoms with Crippen molar-refractivity contribution in [2.75, 3.05) is 10.6 Å². The van der Waals surface area contributed by atoms with E-state index in [0.717, 1.165) is 5.56 Å². The average Bonchev–Trinajstić information content (AvgIpc) is 3.42. The highest BCUT2D eigenvalue weighted by molar-refractivity contribution is 6.00. The van der Waals surface area contributed by atoms with Gasteiger partial charge in [-0.1, -0.05) is 6.07 Å². The maximum atomic E-state index is 13.9. The van der Waals surface area contributed by atoms with Crippen LogP contribution in [0.15, 0.2) is 73.1 Å². The Labute approximate surface area is 229 Å². The van der Waals surface area contributed by atoms with E-state index in [1.165, 1.54) is 6.07 Å². The molecule has 0 aliphatic carbocycles. The van der Waals surface area contributed by atoms with Crippen molar-refractivity contribution >= 4 is 29.3 Å². The first-order valence-electron chi connectivity index (χ1n) is 12.5. The van der Waals surface area contributed by atoms with Crippen molar-refractivity contribution in [2.24, 2.45) is 0 Å². The van der Waals surface area contributed by atoms with E-state index in [0.29, 0.717) is 40.6 Å². The third-order valence-corrected chi connectivity index (χ3v) is 5.84. The topological polar surface area (TPSA) is 145 Å². The predicted molar refractivity (Wildman–Crippen MR) is 148 cm³/mol. The zero-order chi connectivity index (χ0) is 28.6. The molecule has 0 fully saturated rings. The first-order valence-corrected chi connectivity index (χ1v) is 12.5. The first-order chi connectivity index (χ1) is 19.2. The van der Waals surface area contributed by atoms with E-state index in [1.807, 2.05) is 0 Å². The molecular weight excluding hydrogens is 517 g/mol. The Morgan fingerprint density at radius 1 is 1.02 bits per heavy atom. The minimum Gasteiger partial charge on any atom is -0.481 e. The Balaban J connectivity index is 1.34. The summed E-state index contributed by atoms with van der Waals surface area (Å²) in [5.74, 6) is -0.747. The number of aromatic amines is 1. The molecule has 0 bridgehead atoms. The Kier molecular flexibility index (Phi) is 8.75. The minimum atomic E-state index is -0.912. The summed E-state index contributed by atoms with van der Waals surface area (Å²) in [4.78, 5) is 42.9. The molecule has 4 aromatic rings. The van der Waals surface area contributed by atoms with Crippen molar-refractivity contribution in [1.82, 2.24) is 15.3 Å². The zero-order valence-corrected chi connectivity index (χ0v) is 21.8. The molecule has 0 spiro atoms. The number of aryl methyl sites for hydroxylation is 1. The van der Waals surface area contributed by atoms with E-state index in [4.69, 9.17) is 9.84 Å². The second-order valence-electron chi connectivity index (χ2n) is 9.17. The van der Waals surface area contributed by atoms with Crippen LogP contribution >= 0.6 is 0 Å². The number of urea groups is 1. The van der Waals surface area contributed by atoms with Gasteiger partial charge >= 0.3 is 12.0 Å². The van der Waals surface area contributed by atoms with Crippen LogP contribution in [0.5, 0.6) is 11.5 Å². The highest BCUT2D eigenvalue weighted by atomic mass is 19.1. The van der Waals surface area contributed by atoms with Crippen molar-refractivity contribution in [2.45, 2.75) is 32.7 Å². The van der Waals surface area contributed by atoms with Gasteiger partial charge in [-0.25, -0.2) is 9.18 Å². The van der Waals surface area contributed by atoms with Crippen LogP contribution in [0.4, 0.5) is 20.6 Å². The molecule has 40 heavy (non-hydrogen) atoms. The van der Waals surface area contributed by atoms with Gasteiger partial charge in [0, 0.05) is 36.6 Å². The molecule has 4 rings (SSSR count). The van der Waals surface area contributed by atoms with Crippen molar-refractivity contribution < 1.29 is 28.6 Å². The third-order valence-electron chi connectivity index (χ3n) is 5.84. The number of H-pyrrole nitrogens is 1. The highest BCUT2D eigenvalue weighted by Gasteiger charge is 2.14. The summed E-state index contributed by atoms with van der Waals surface area (Å²) in [6.45, 7) is 3.55. The normalized spacial score (nSPS) is 11.4. The van der Waals surface area contributed by atoms with Crippen LogP contribution in [-0.4, -0.2) is 39.0 Å². The lowest BCUT2D eigenvalue weighted by molar-refractivity contribution is -0.137.